The van der Waals surface area contributed by atoms with Gasteiger partial charge in [0.2, 0.25) is 0 Å². The number of halogens is 3. The van der Waals surface area contributed by atoms with Crippen molar-refractivity contribution in [2.75, 3.05) is 13.1 Å². The third-order valence-corrected chi connectivity index (χ3v) is 4.41. The number of likely N-dealkylation sites (tertiary alicyclic amines) is 1. The van der Waals surface area contributed by atoms with E-state index in [0.717, 1.165) is 12.1 Å². The Morgan fingerprint density at radius 3 is 2.45 bits per heavy atom. The Balaban J connectivity index is 2.11. The molecule has 6 heteroatoms. The minimum Gasteiger partial charge on any atom is -0.393 e. The summed E-state index contributed by atoms with van der Waals surface area (Å²) >= 11 is 3.09. The predicted octanol–water partition coefficient (Wildman–Crippen LogP) is 2.96. The normalized spacial score (nSPS) is 18.1. The van der Waals surface area contributed by atoms with E-state index in [1.54, 1.807) is 11.8 Å². The van der Waals surface area contributed by atoms with E-state index in [0.29, 0.717) is 25.9 Å². The average Bonchev–Trinajstić information content (AvgIpc) is 2.42. The molecule has 2 rings (SSSR count). The van der Waals surface area contributed by atoms with E-state index < -0.39 is 11.6 Å². The number of hydrogen-bond donors (Lipinski definition) is 1. The molecule has 1 aromatic carbocycles. The zero-order valence-corrected chi connectivity index (χ0v) is 12.7. The largest absolute Gasteiger partial charge is 0.393 e. The van der Waals surface area contributed by atoms with E-state index in [2.05, 4.69) is 15.9 Å². The second-order valence-corrected chi connectivity index (χ2v) is 5.97. The number of carbonyl (C=O) groups excluding carboxylic acids is 1. The van der Waals surface area contributed by atoms with E-state index in [9.17, 15) is 18.7 Å². The quantitative estimate of drug-likeness (QED) is 0.835. The Labute approximate surface area is 124 Å². The van der Waals surface area contributed by atoms with Crippen molar-refractivity contribution >= 4 is 21.8 Å². The number of benzene rings is 1. The number of aliphatic hydroxyl groups excluding tert-OH is 1. The molecule has 1 saturated heterocycles. The molecule has 1 amide bonds. The zero-order chi connectivity index (χ0) is 14.9. The first kappa shape index (κ1) is 15.4. The maximum Gasteiger partial charge on any atom is 0.255 e. The third kappa shape index (κ3) is 3.17. The molecule has 1 N–H and O–H groups in total. The van der Waals surface area contributed by atoms with Crippen molar-refractivity contribution in [1.82, 2.24) is 4.90 Å². The summed E-state index contributed by atoms with van der Waals surface area (Å²) in [6, 6.07) is 1.88. The van der Waals surface area contributed by atoms with Crippen LogP contribution in [0.5, 0.6) is 0 Å². The van der Waals surface area contributed by atoms with Crippen LogP contribution in [0.3, 0.4) is 0 Å². The molecule has 0 radical (unpaired) electrons. The van der Waals surface area contributed by atoms with Crippen LogP contribution in [0.15, 0.2) is 16.6 Å². The maximum atomic E-state index is 13.3. The van der Waals surface area contributed by atoms with Gasteiger partial charge in [-0.3, -0.25) is 4.79 Å². The SMILES string of the molecule is CC(O)C1CCN(C(=O)c2cc(F)c(F)cc2Br)CC1. The van der Waals surface area contributed by atoms with Gasteiger partial charge >= 0.3 is 0 Å². The second kappa shape index (κ2) is 6.18. The van der Waals surface area contributed by atoms with Crippen molar-refractivity contribution in [2.24, 2.45) is 5.92 Å². The second-order valence-electron chi connectivity index (χ2n) is 5.12. The van der Waals surface area contributed by atoms with Gasteiger partial charge in [-0.15, -0.1) is 0 Å². The number of carbonyl (C=O) groups is 1. The predicted molar refractivity (Wildman–Crippen MR) is 74.4 cm³/mol. The molecular weight excluding hydrogens is 332 g/mol. The van der Waals surface area contributed by atoms with Crippen LogP contribution >= 0.6 is 15.9 Å². The van der Waals surface area contributed by atoms with Crippen LogP contribution in [0.1, 0.15) is 30.1 Å². The Morgan fingerprint density at radius 2 is 1.90 bits per heavy atom. The molecule has 1 unspecified atom stereocenters. The fraction of sp³-hybridized carbons (Fsp3) is 0.500. The molecule has 0 bridgehead atoms. The fourth-order valence-electron chi connectivity index (χ4n) is 2.44. The highest BCUT2D eigenvalue weighted by Crippen LogP contribution is 2.26. The van der Waals surface area contributed by atoms with Crippen molar-refractivity contribution in [3.8, 4) is 0 Å². The first-order chi connectivity index (χ1) is 9.40. The van der Waals surface area contributed by atoms with E-state index in [1.807, 2.05) is 0 Å². The van der Waals surface area contributed by atoms with E-state index >= 15 is 0 Å². The van der Waals surface area contributed by atoms with Gasteiger partial charge in [-0.1, -0.05) is 0 Å². The van der Waals surface area contributed by atoms with Crippen LogP contribution in [0.4, 0.5) is 8.78 Å². The Morgan fingerprint density at radius 1 is 1.35 bits per heavy atom. The Bertz CT molecular complexity index is 514. The molecule has 0 saturated carbocycles. The van der Waals surface area contributed by atoms with Gasteiger partial charge in [0.25, 0.3) is 5.91 Å². The molecule has 1 aromatic rings. The van der Waals surface area contributed by atoms with Crippen molar-refractivity contribution in [3.63, 3.8) is 0 Å². The molecule has 3 nitrogen and oxygen atoms in total. The summed E-state index contributed by atoms with van der Waals surface area (Å²) in [6.45, 7) is 2.77. The van der Waals surface area contributed by atoms with E-state index in [4.69, 9.17) is 0 Å². The lowest BCUT2D eigenvalue weighted by atomic mass is 9.92. The summed E-state index contributed by atoms with van der Waals surface area (Å²) in [7, 11) is 0. The third-order valence-electron chi connectivity index (χ3n) is 3.75. The summed E-state index contributed by atoms with van der Waals surface area (Å²) < 4.78 is 26.6. The lowest BCUT2D eigenvalue weighted by molar-refractivity contribution is 0.0520. The zero-order valence-electron chi connectivity index (χ0n) is 11.1. The minimum absolute atomic E-state index is 0.124. The molecule has 110 valence electrons. The molecule has 1 fully saturated rings. The molecule has 1 atom stereocenters. The molecule has 0 aromatic heterocycles. The first-order valence-corrected chi connectivity index (χ1v) is 7.31. The monoisotopic (exact) mass is 347 g/mol. The van der Waals surface area contributed by atoms with Gasteiger partial charge in [-0.2, -0.15) is 0 Å². The molecule has 0 spiro atoms. The first-order valence-electron chi connectivity index (χ1n) is 6.52. The number of amides is 1. The lowest BCUT2D eigenvalue weighted by Crippen LogP contribution is -2.40. The Hall–Kier alpha value is -1.01. The number of nitrogens with zero attached hydrogens (tertiary/aromatic N) is 1. The smallest absolute Gasteiger partial charge is 0.255 e. The number of hydrogen-bond acceptors (Lipinski definition) is 2. The summed E-state index contributed by atoms with van der Waals surface area (Å²) in [5.74, 6) is -2.15. The molecular formula is C14H16BrF2NO2. The summed E-state index contributed by atoms with van der Waals surface area (Å²) in [5.41, 5.74) is 0.124. The summed E-state index contributed by atoms with van der Waals surface area (Å²) in [5, 5.41) is 9.53. The van der Waals surface area contributed by atoms with Gasteiger partial charge in [-0.25, -0.2) is 8.78 Å². The molecule has 0 aliphatic carbocycles. The van der Waals surface area contributed by atoms with Gasteiger partial charge < -0.3 is 10.0 Å². The van der Waals surface area contributed by atoms with Crippen molar-refractivity contribution in [3.05, 3.63) is 33.8 Å². The standard InChI is InChI=1S/C14H16BrF2NO2/c1-8(19)9-2-4-18(5-3-9)14(20)10-6-12(16)13(17)7-11(10)15/h6-9,19H,2-5H2,1H3. The highest BCUT2D eigenvalue weighted by atomic mass is 79.9. The Kier molecular flexibility index (Phi) is 4.75. The van der Waals surface area contributed by atoms with Crippen LogP contribution in [0.25, 0.3) is 0 Å². The summed E-state index contributed by atoms with van der Waals surface area (Å²) in [6.07, 6.45) is 1.04. The summed E-state index contributed by atoms with van der Waals surface area (Å²) in [4.78, 5) is 13.9. The van der Waals surface area contributed by atoms with Crippen LogP contribution in [-0.2, 0) is 0 Å². The number of rotatable bonds is 2. The number of piperidine rings is 1. The van der Waals surface area contributed by atoms with E-state index in [-0.39, 0.29) is 28.0 Å². The van der Waals surface area contributed by atoms with E-state index in [1.165, 1.54) is 0 Å². The van der Waals surface area contributed by atoms with Crippen LogP contribution in [0.2, 0.25) is 0 Å². The van der Waals surface area contributed by atoms with Crippen molar-refractivity contribution in [1.29, 1.82) is 0 Å². The van der Waals surface area contributed by atoms with Gasteiger partial charge in [0, 0.05) is 17.6 Å². The van der Waals surface area contributed by atoms with Gasteiger partial charge in [0.05, 0.1) is 11.7 Å². The van der Waals surface area contributed by atoms with Gasteiger partial charge in [-0.05, 0) is 53.7 Å². The topological polar surface area (TPSA) is 40.5 Å². The van der Waals surface area contributed by atoms with Crippen LogP contribution < -0.4 is 0 Å². The molecule has 1 aliphatic rings. The minimum atomic E-state index is -1.03. The fourth-order valence-corrected chi connectivity index (χ4v) is 2.93. The van der Waals surface area contributed by atoms with Crippen molar-refractivity contribution < 1.29 is 18.7 Å². The number of aliphatic hydroxyl groups is 1. The highest BCUT2D eigenvalue weighted by molar-refractivity contribution is 9.10. The highest BCUT2D eigenvalue weighted by Gasteiger charge is 2.27. The molecule has 1 heterocycles. The molecule has 20 heavy (non-hydrogen) atoms. The average molecular weight is 348 g/mol. The van der Waals surface area contributed by atoms with Gasteiger partial charge in [0.15, 0.2) is 11.6 Å². The van der Waals surface area contributed by atoms with Gasteiger partial charge in [0.1, 0.15) is 0 Å². The van der Waals surface area contributed by atoms with Crippen LogP contribution in [-0.4, -0.2) is 35.1 Å². The van der Waals surface area contributed by atoms with Crippen LogP contribution in [0, 0.1) is 17.6 Å². The maximum absolute atomic E-state index is 13.3. The van der Waals surface area contributed by atoms with Crippen molar-refractivity contribution in [2.45, 2.75) is 25.9 Å². The lowest BCUT2D eigenvalue weighted by Gasteiger charge is -2.33. The molecule has 1 aliphatic heterocycles.